The first-order valence-corrected chi connectivity index (χ1v) is 7.59. The highest BCUT2D eigenvalue weighted by atomic mass is 32.2. The third-order valence-electron chi connectivity index (χ3n) is 3.26. The molecule has 0 amide bonds. The van der Waals surface area contributed by atoms with Crippen LogP contribution in [0.25, 0.3) is 0 Å². The van der Waals surface area contributed by atoms with E-state index in [0.29, 0.717) is 19.3 Å². The van der Waals surface area contributed by atoms with Crippen molar-refractivity contribution >= 4 is 15.7 Å². The van der Waals surface area contributed by atoms with E-state index in [1.165, 1.54) is 0 Å². The minimum atomic E-state index is -2.82. The zero-order chi connectivity index (χ0) is 13.1. The highest BCUT2D eigenvalue weighted by molar-refractivity contribution is 7.92. The Labute approximate surface area is 101 Å². The maximum atomic E-state index is 11.8. The van der Waals surface area contributed by atoms with Gasteiger partial charge in [0.25, 0.3) is 0 Å². The van der Waals surface area contributed by atoms with Crippen molar-refractivity contribution in [2.45, 2.75) is 43.7 Å². The van der Waals surface area contributed by atoms with Crippen molar-refractivity contribution in [2.75, 3.05) is 11.5 Å². The standard InChI is InChI=1S/C10H20N2O4S/c11-8(9(13)14)2-6-17(12,16)7-5-10(15)3-1-4-10/h8,12,15H,1-7,11H2,(H,13,14)/t8-,17?/m0/s1. The SMILES string of the molecule is N=S(=O)(CC[C@H](N)C(=O)O)CCC1(O)CCC1. The average Bonchev–Trinajstić information content (AvgIpc) is 2.20. The lowest BCUT2D eigenvalue weighted by Crippen LogP contribution is -2.39. The zero-order valence-corrected chi connectivity index (χ0v) is 10.5. The molecule has 0 saturated heterocycles. The number of aliphatic carboxylic acids is 1. The molecule has 0 aromatic carbocycles. The number of hydrogen-bond donors (Lipinski definition) is 4. The van der Waals surface area contributed by atoms with Crippen LogP contribution in [0.5, 0.6) is 0 Å². The maximum Gasteiger partial charge on any atom is 0.320 e. The molecule has 2 atom stereocenters. The summed E-state index contributed by atoms with van der Waals surface area (Å²) in [7, 11) is -2.82. The maximum absolute atomic E-state index is 11.8. The van der Waals surface area contributed by atoms with E-state index >= 15 is 0 Å². The van der Waals surface area contributed by atoms with Crippen LogP contribution in [0, 0.1) is 4.78 Å². The van der Waals surface area contributed by atoms with Crippen molar-refractivity contribution in [3.8, 4) is 0 Å². The molecular formula is C10H20N2O4S. The van der Waals surface area contributed by atoms with Crippen molar-refractivity contribution in [1.29, 1.82) is 4.78 Å². The van der Waals surface area contributed by atoms with Crippen LogP contribution >= 0.6 is 0 Å². The minimum Gasteiger partial charge on any atom is -0.480 e. The molecule has 0 radical (unpaired) electrons. The van der Waals surface area contributed by atoms with E-state index in [-0.39, 0.29) is 17.9 Å². The fourth-order valence-corrected chi connectivity index (χ4v) is 3.28. The van der Waals surface area contributed by atoms with Crippen LogP contribution in [0.1, 0.15) is 32.1 Å². The Kier molecular flexibility index (Phi) is 4.51. The van der Waals surface area contributed by atoms with E-state index in [1.807, 2.05) is 0 Å². The molecule has 0 aromatic rings. The summed E-state index contributed by atoms with van der Waals surface area (Å²) in [6.07, 6.45) is 2.78. The number of hydrogen-bond acceptors (Lipinski definition) is 5. The number of nitrogens with two attached hydrogens (primary N) is 1. The summed E-state index contributed by atoms with van der Waals surface area (Å²) in [5.74, 6) is -1.04. The van der Waals surface area contributed by atoms with Crippen LogP contribution in [-0.4, -0.2) is 43.5 Å². The molecule has 1 aliphatic carbocycles. The van der Waals surface area contributed by atoms with Gasteiger partial charge in [-0.2, -0.15) is 0 Å². The van der Waals surface area contributed by atoms with E-state index in [0.717, 1.165) is 6.42 Å². The van der Waals surface area contributed by atoms with Gasteiger partial charge < -0.3 is 15.9 Å². The Morgan fingerprint density at radius 3 is 2.47 bits per heavy atom. The van der Waals surface area contributed by atoms with Gasteiger partial charge in [-0.3, -0.25) is 9.57 Å². The van der Waals surface area contributed by atoms with E-state index in [4.69, 9.17) is 15.6 Å². The molecule has 100 valence electrons. The molecule has 1 rings (SSSR count). The smallest absolute Gasteiger partial charge is 0.320 e. The largest absolute Gasteiger partial charge is 0.480 e. The summed E-state index contributed by atoms with van der Waals surface area (Å²) >= 11 is 0. The molecular weight excluding hydrogens is 244 g/mol. The number of carboxylic acid groups (broad SMARTS) is 1. The quantitative estimate of drug-likeness (QED) is 0.520. The lowest BCUT2D eigenvalue weighted by atomic mass is 9.78. The second-order valence-electron chi connectivity index (χ2n) is 4.78. The summed E-state index contributed by atoms with van der Waals surface area (Å²) in [6.45, 7) is 0. The minimum absolute atomic E-state index is 0.0173. The van der Waals surface area contributed by atoms with Gasteiger partial charge in [-0.1, -0.05) is 0 Å². The van der Waals surface area contributed by atoms with Gasteiger partial charge in [0.05, 0.1) is 5.60 Å². The second kappa shape index (κ2) is 5.32. The molecule has 17 heavy (non-hydrogen) atoms. The Hall–Kier alpha value is -0.660. The second-order valence-corrected chi connectivity index (χ2v) is 7.22. The summed E-state index contributed by atoms with van der Waals surface area (Å²) in [5, 5.41) is 18.4. The van der Waals surface area contributed by atoms with Gasteiger partial charge in [0.1, 0.15) is 6.04 Å². The Balaban J connectivity index is 2.33. The molecule has 7 heteroatoms. The van der Waals surface area contributed by atoms with Gasteiger partial charge in [-0.15, -0.1) is 0 Å². The Morgan fingerprint density at radius 2 is 2.06 bits per heavy atom. The molecule has 1 saturated carbocycles. The van der Waals surface area contributed by atoms with E-state index in [1.54, 1.807) is 0 Å². The molecule has 0 bridgehead atoms. The molecule has 0 aliphatic heterocycles. The third kappa shape index (κ3) is 4.61. The highest BCUT2D eigenvalue weighted by Gasteiger charge is 2.34. The third-order valence-corrected chi connectivity index (χ3v) is 5.02. The lowest BCUT2D eigenvalue weighted by molar-refractivity contribution is -0.138. The molecule has 0 heterocycles. The van der Waals surface area contributed by atoms with Crippen molar-refractivity contribution in [2.24, 2.45) is 5.73 Å². The topological polar surface area (TPSA) is 124 Å². The number of nitrogens with one attached hydrogen (secondary N) is 1. The Morgan fingerprint density at radius 1 is 1.47 bits per heavy atom. The number of aliphatic hydroxyl groups is 1. The van der Waals surface area contributed by atoms with Gasteiger partial charge in [0.15, 0.2) is 0 Å². The van der Waals surface area contributed by atoms with Gasteiger partial charge in [0, 0.05) is 21.2 Å². The Bertz CT molecular complexity index is 376. The number of rotatable bonds is 7. The lowest BCUT2D eigenvalue weighted by Gasteiger charge is -2.36. The molecule has 1 aliphatic rings. The van der Waals surface area contributed by atoms with Crippen LogP contribution < -0.4 is 5.73 Å². The van der Waals surface area contributed by atoms with Crippen molar-refractivity contribution < 1.29 is 19.2 Å². The van der Waals surface area contributed by atoms with Crippen molar-refractivity contribution in [3.63, 3.8) is 0 Å². The molecule has 5 N–H and O–H groups in total. The summed E-state index contributed by atoms with van der Waals surface area (Å²) in [5.41, 5.74) is 4.55. The van der Waals surface area contributed by atoms with Crippen molar-refractivity contribution in [3.05, 3.63) is 0 Å². The van der Waals surface area contributed by atoms with Gasteiger partial charge in [-0.05, 0) is 32.1 Å². The number of carboxylic acids is 1. The number of carbonyl (C=O) groups is 1. The van der Waals surface area contributed by atoms with Crippen LogP contribution in [0.2, 0.25) is 0 Å². The van der Waals surface area contributed by atoms with E-state index < -0.39 is 27.3 Å². The fraction of sp³-hybridized carbons (Fsp3) is 0.900. The first kappa shape index (κ1) is 14.4. The zero-order valence-electron chi connectivity index (χ0n) is 9.72. The summed E-state index contributed by atoms with van der Waals surface area (Å²) < 4.78 is 19.4. The highest BCUT2D eigenvalue weighted by Crippen LogP contribution is 2.34. The van der Waals surface area contributed by atoms with Crippen LogP contribution in [0.15, 0.2) is 0 Å². The first-order valence-electron chi connectivity index (χ1n) is 5.69. The van der Waals surface area contributed by atoms with Gasteiger partial charge in [0.2, 0.25) is 0 Å². The molecule has 6 nitrogen and oxygen atoms in total. The van der Waals surface area contributed by atoms with Crippen LogP contribution in [-0.2, 0) is 14.5 Å². The van der Waals surface area contributed by atoms with E-state index in [9.17, 15) is 14.1 Å². The van der Waals surface area contributed by atoms with Gasteiger partial charge in [-0.25, -0.2) is 4.21 Å². The summed E-state index contributed by atoms with van der Waals surface area (Å²) in [4.78, 5) is 10.5. The van der Waals surface area contributed by atoms with Crippen LogP contribution in [0.4, 0.5) is 0 Å². The molecule has 0 aromatic heterocycles. The first-order chi connectivity index (χ1) is 7.74. The predicted octanol–water partition coefficient (Wildman–Crippen LogP) is 0.140. The average molecular weight is 264 g/mol. The molecule has 1 unspecified atom stereocenters. The van der Waals surface area contributed by atoms with Gasteiger partial charge >= 0.3 is 5.97 Å². The molecule has 1 fully saturated rings. The molecule has 0 spiro atoms. The fourth-order valence-electron chi connectivity index (χ4n) is 1.73. The normalized spacial score (nSPS) is 23.4. The monoisotopic (exact) mass is 264 g/mol. The summed E-state index contributed by atoms with van der Waals surface area (Å²) in [6, 6.07) is -1.06. The van der Waals surface area contributed by atoms with Crippen molar-refractivity contribution in [1.82, 2.24) is 0 Å². The van der Waals surface area contributed by atoms with E-state index in [2.05, 4.69) is 0 Å². The van der Waals surface area contributed by atoms with Crippen LogP contribution in [0.3, 0.4) is 0 Å². The predicted molar refractivity (Wildman–Crippen MR) is 64.2 cm³/mol.